The molecule has 3 rings (SSSR count). The Kier molecular flexibility index (Phi) is 6.29. The van der Waals surface area contributed by atoms with Crippen LogP contribution in [0.5, 0.6) is 0 Å². The van der Waals surface area contributed by atoms with Gasteiger partial charge in [0.1, 0.15) is 0 Å². The molecule has 0 unspecified atom stereocenters. The van der Waals surface area contributed by atoms with Gasteiger partial charge in [-0.05, 0) is 0 Å². The fourth-order valence-corrected chi connectivity index (χ4v) is 11.5. The third kappa shape index (κ3) is 3.51. The van der Waals surface area contributed by atoms with Crippen molar-refractivity contribution in [2.24, 2.45) is 5.73 Å². The van der Waals surface area contributed by atoms with E-state index in [4.69, 9.17) is 5.73 Å². The molecule has 0 saturated carbocycles. The van der Waals surface area contributed by atoms with Crippen LogP contribution in [-0.4, -0.2) is 12.7 Å². The number of nitrogens with two attached hydrogens (primary N) is 1. The van der Waals surface area contributed by atoms with Crippen LogP contribution in [0, 0.1) is 0 Å². The SMILES string of the molecule is NCCCCCP(Br)(c1ccccc1)(c1ccccc1)c1ccccc1. The summed E-state index contributed by atoms with van der Waals surface area (Å²) in [6.45, 7) is 0.764. The second-order valence-electron chi connectivity index (χ2n) is 6.76. The zero-order chi connectivity index (χ0) is 18.3. The van der Waals surface area contributed by atoms with Crippen molar-refractivity contribution in [3.05, 3.63) is 91.0 Å². The van der Waals surface area contributed by atoms with Crippen molar-refractivity contribution >= 4 is 36.7 Å². The van der Waals surface area contributed by atoms with Crippen molar-refractivity contribution in [2.45, 2.75) is 19.3 Å². The standard InChI is InChI=1S/C23H27BrNP/c24-26(20-12-4-11-19-25,21-13-5-1-6-14-21,22-15-7-2-8-16-22)23-17-9-3-10-18-23/h1-3,5-10,13-18H,4,11-12,19-20,25H2. The quantitative estimate of drug-likeness (QED) is 0.399. The molecule has 0 aliphatic carbocycles. The van der Waals surface area contributed by atoms with Gasteiger partial charge < -0.3 is 0 Å². The summed E-state index contributed by atoms with van der Waals surface area (Å²) >= 11 is 4.47. The molecule has 0 radical (unpaired) electrons. The first-order chi connectivity index (χ1) is 12.7. The van der Waals surface area contributed by atoms with E-state index in [0.717, 1.165) is 32.0 Å². The average molecular weight is 428 g/mol. The minimum atomic E-state index is -2.71. The molecule has 136 valence electrons. The van der Waals surface area contributed by atoms with Crippen molar-refractivity contribution in [2.75, 3.05) is 12.7 Å². The molecule has 0 heterocycles. The molecule has 3 aromatic rings. The van der Waals surface area contributed by atoms with E-state index in [1.165, 1.54) is 15.9 Å². The van der Waals surface area contributed by atoms with E-state index in [0.29, 0.717) is 0 Å². The molecule has 0 aliphatic heterocycles. The molecule has 3 aromatic carbocycles. The van der Waals surface area contributed by atoms with Gasteiger partial charge in [0.15, 0.2) is 0 Å². The van der Waals surface area contributed by atoms with Gasteiger partial charge >= 0.3 is 165 Å². The van der Waals surface area contributed by atoms with Gasteiger partial charge in [-0.3, -0.25) is 0 Å². The van der Waals surface area contributed by atoms with Crippen LogP contribution in [0.15, 0.2) is 91.0 Å². The number of benzene rings is 3. The summed E-state index contributed by atoms with van der Waals surface area (Å²) in [5.41, 5.74) is 5.74. The Labute approximate surface area is 165 Å². The summed E-state index contributed by atoms with van der Waals surface area (Å²) in [6.07, 6.45) is 4.49. The molecule has 3 heteroatoms. The second kappa shape index (κ2) is 8.48. The van der Waals surface area contributed by atoms with E-state index in [9.17, 15) is 0 Å². The third-order valence-corrected chi connectivity index (χ3v) is 15.2. The van der Waals surface area contributed by atoms with Gasteiger partial charge in [-0.1, -0.05) is 0 Å². The third-order valence-electron chi connectivity index (χ3n) is 5.17. The molecule has 0 fully saturated rings. The Balaban J connectivity index is 2.24. The number of unbranched alkanes of at least 4 members (excludes halogenated alkanes) is 2. The summed E-state index contributed by atoms with van der Waals surface area (Å²) in [5, 5.41) is 1.46. The zero-order valence-corrected chi connectivity index (χ0v) is 17.6. The van der Waals surface area contributed by atoms with E-state index < -0.39 is 5.31 Å². The molecule has 26 heavy (non-hydrogen) atoms. The first kappa shape index (κ1) is 19.3. The normalized spacial score (nSPS) is 13.1. The predicted octanol–water partition coefficient (Wildman–Crippen LogP) is 4.96. The van der Waals surface area contributed by atoms with Gasteiger partial charge in [-0.25, -0.2) is 0 Å². The maximum atomic E-state index is 5.74. The summed E-state index contributed by atoms with van der Waals surface area (Å²) in [5.74, 6) is 0. The number of halogens is 1. The monoisotopic (exact) mass is 427 g/mol. The maximum absolute atomic E-state index is 5.74. The van der Waals surface area contributed by atoms with Crippen molar-refractivity contribution in [1.29, 1.82) is 0 Å². The average Bonchev–Trinajstić information content (AvgIpc) is 2.73. The Bertz CT molecular complexity index is 706. The van der Waals surface area contributed by atoms with Crippen molar-refractivity contribution in [3.63, 3.8) is 0 Å². The molecule has 1 nitrogen and oxygen atoms in total. The van der Waals surface area contributed by atoms with Crippen molar-refractivity contribution in [1.82, 2.24) is 0 Å². The fraction of sp³-hybridized carbons (Fsp3) is 0.217. The summed E-state index contributed by atoms with van der Waals surface area (Å²) in [4.78, 5) is 0. The van der Waals surface area contributed by atoms with E-state index in [1.807, 2.05) is 0 Å². The van der Waals surface area contributed by atoms with E-state index >= 15 is 0 Å². The number of hydrogen-bond donors (Lipinski definition) is 1. The van der Waals surface area contributed by atoms with Gasteiger partial charge in [0, 0.05) is 0 Å². The summed E-state index contributed by atoms with van der Waals surface area (Å²) in [7, 11) is 0. The second-order valence-corrected chi connectivity index (χ2v) is 15.8. The molecule has 0 aliphatic rings. The van der Waals surface area contributed by atoms with Crippen LogP contribution < -0.4 is 21.6 Å². The molecule has 0 bridgehead atoms. The topological polar surface area (TPSA) is 26.0 Å². The van der Waals surface area contributed by atoms with Crippen LogP contribution in [-0.2, 0) is 0 Å². The van der Waals surface area contributed by atoms with E-state index in [2.05, 4.69) is 106 Å². The Hall–Kier alpha value is -1.47. The van der Waals surface area contributed by atoms with Gasteiger partial charge in [0.25, 0.3) is 0 Å². The van der Waals surface area contributed by atoms with Crippen LogP contribution in [0.25, 0.3) is 0 Å². The minimum absolute atomic E-state index is 0.764. The van der Waals surface area contributed by atoms with Gasteiger partial charge in [-0.15, -0.1) is 0 Å². The summed E-state index contributed by atoms with van der Waals surface area (Å²) < 4.78 is 0. The molecule has 0 spiro atoms. The predicted molar refractivity (Wildman–Crippen MR) is 122 cm³/mol. The van der Waals surface area contributed by atoms with Crippen LogP contribution in [0.4, 0.5) is 0 Å². The zero-order valence-electron chi connectivity index (χ0n) is 15.1. The van der Waals surface area contributed by atoms with Crippen LogP contribution in [0.1, 0.15) is 19.3 Å². The Morgan fingerprint density at radius 2 is 0.962 bits per heavy atom. The van der Waals surface area contributed by atoms with Gasteiger partial charge in [-0.2, -0.15) is 0 Å². The molecule has 0 atom stereocenters. The molecule has 2 N–H and O–H groups in total. The molecular weight excluding hydrogens is 401 g/mol. The first-order valence-electron chi connectivity index (χ1n) is 9.30. The van der Waals surface area contributed by atoms with Crippen molar-refractivity contribution < 1.29 is 0 Å². The van der Waals surface area contributed by atoms with E-state index in [1.54, 1.807) is 0 Å². The Morgan fingerprint density at radius 3 is 1.31 bits per heavy atom. The van der Waals surface area contributed by atoms with E-state index in [-0.39, 0.29) is 0 Å². The number of hydrogen-bond acceptors (Lipinski definition) is 1. The van der Waals surface area contributed by atoms with Crippen LogP contribution in [0.3, 0.4) is 0 Å². The molecule has 0 amide bonds. The van der Waals surface area contributed by atoms with Crippen molar-refractivity contribution in [3.8, 4) is 0 Å². The summed E-state index contributed by atoms with van der Waals surface area (Å²) in [6, 6.07) is 33.0. The Morgan fingerprint density at radius 1 is 0.577 bits per heavy atom. The van der Waals surface area contributed by atoms with Crippen LogP contribution >= 0.6 is 20.8 Å². The fourth-order valence-electron chi connectivity index (χ4n) is 3.78. The van der Waals surface area contributed by atoms with Crippen LogP contribution in [0.2, 0.25) is 0 Å². The molecule has 0 saturated heterocycles. The number of rotatable bonds is 8. The van der Waals surface area contributed by atoms with Gasteiger partial charge in [0.2, 0.25) is 0 Å². The van der Waals surface area contributed by atoms with Gasteiger partial charge in [0.05, 0.1) is 0 Å². The first-order valence-corrected chi connectivity index (χ1v) is 13.7. The molecule has 0 aromatic heterocycles. The molecular formula is C23H27BrNP.